The Bertz CT molecular complexity index is 891. The van der Waals surface area contributed by atoms with E-state index >= 15 is 0 Å². The van der Waals surface area contributed by atoms with Gasteiger partial charge < -0.3 is 10.6 Å². The molecule has 1 unspecified atom stereocenters. The van der Waals surface area contributed by atoms with E-state index in [0.29, 0.717) is 11.6 Å². The van der Waals surface area contributed by atoms with Gasteiger partial charge in [-0.25, -0.2) is 14.4 Å². The minimum absolute atomic E-state index is 0.168. The van der Waals surface area contributed by atoms with Gasteiger partial charge in [-0.15, -0.1) is 0 Å². The molecule has 2 heterocycles. The lowest BCUT2D eigenvalue weighted by Crippen LogP contribution is -2.11. The van der Waals surface area contributed by atoms with Crippen LogP contribution in [0.3, 0.4) is 0 Å². The third-order valence-corrected chi connectivity index (χ3v) is 3.38. The van der Waals surface area contributed by atoms with Crippen LogP contribution in [0.1, 0.15) is 24.2 Å². The Morgan fingerprint density at radius 2 is 1.92 bits per heavy atom. The van der Waals surface area contributed by atoms with Crippen LogP contribution in [-0.2, 0) is 0 Å². The van der Waals surface area contributed by atoms with Gasteiger partial charge in [0.05, 0.1) is 12.2 Å². The van der Waals surface area contributed by atoms with E-state index in [4.69, 9.17) is 5.26 Å². The smallest absolute Gasteiger partial charge is 0.226 e. The molecule has 0 saturated heterocycles. The van der Waals surface area contributed by atoms with E-state index in [0.717, 1.165) is 5.56 Å². The molecule has 7 nitrogen and oxygen atoms in total. The Morgan fingerprint density at radius 3 is 2.60 bits per heavy atom. The molecular weight excluding hydrogens is 321 g/mol. The van der Waals surface area contributed by atoms with Crippen LogP contribution in [0.4, 0.5) is 22.0 Å². The number of hydrogen-bond donors (Lipinski definition) is 2. The minimum Gasteiger partial charge on any atom is -0.348 e. The fraction of sp³-hybridized carbons (Fsp3) is 0.118. The first-order valence-corrected chi connectivity index (χ1v) is 7.48. The van der Waals surface area contributed by atoms with Crippen LogP contribution in [0.2, 0.25) is 0 Å². The summed E-state index contributed by atoms with van der Waals surface area (Å²) in [5.41, 5.74) is 1.07. The Morgan fingerprint density at radius 1 is 1.12 bits per heavy atom. The van der Waals surface area contributed by atoms with Crippen molar-refractivity contribution in [3.63, 3.8) is 0 Å². The summed E-state index contributed by atoms with van der Waals surface area (Å²) in [6, 6.07) is 9.49. The second-order valence-electron chi connectivity index (χ2n) is 5.21. The molecule has 0 aliphatic rings. The SMILES string of the molecule is CC(Nc1nc(C#N)cc(Nc2cnccn2)n1)c1ccc(F)cc1. The first-order chi connectivity index (χ1) is 12.1. The van der Waals surface area contributed by atoms with E-state index in [2.05, 4.69) is 30.6 Å². The summed E-state index contributed by atoms with van der Waals surface area (Å²) in [5.74, 6) is 0.903. The predicted molar refractivity (Wildman–Crippen MR) is 90.5 cm³/mol. The van der Waals surface area contributed by atoms with Crippen LogP contribution in [0.5, 0.6) is 0 Å². The topological polar surface area (TPSA) is 99.4 Å². The molecule has 0 aliphatic carbocycles. The summed E-state index contributed by atoms with van der Waals surface area (Å²) >= 11 is 0. The number of benzene rings is 1. The van der Waals surface area contributed by atoms with E-state index in [1.807, 2.05) is 13.0 Å². The highest BCUT2D eigenvalue weighted by Crippen LogP contribution is 2.20. The average Bonchev–Trinajstić information content (AvgIpc) is 2.63. The number of halogens is 1. The highest BCUT2D eigenvalue weighted by molar-refractivity contribution is 5.54. The zero-order valence-electron chi connectivity index (χ0n) is 13.3. The maximum atomic E-state index is 13.0. The molecule has 0 amide bonds. The lowest BCUT2D eigenvalue weighted by molar-refractivity contribution is 0.626. The zero-order chi connectivity index (χ0) is 17.6. The Labute approximate surface area is 143 Å². The number of nitrogens with one attached hydrogen (secondary N) is 2. The third kappa shape index (κ3) is 4.23. The van der Waals surface area contributed by atoms with Gasteiger partial charge in [-0.2, -0.15) is 10.2 Å². The van der Waals surface area contributed by atoms with Crippen molar-refractivity contribution in [3.8, 4) is 6.07 Å². The highest BCUT2D eigenvalue weighted by atomic mass is 19.1. The molecule has 3 aromatic rings. The van der Waals surface area contributed by atoms with E-state index in [-0.39, 0.29) is 23.5 Å². The molecule has 0 saturated carbocycles. The average molecular weight is 335 g/mol. The van der Waals surface area contributed by atoms with Crippen molar-refractivity contribution in [1.82, 2.24) is 19.9 Å². The van der Waals surface area contributed by atoms with Gasteiger partial charge in [0.1, 0.15) is 29.2 Å². The molecular formula is C17H14FN7. The summed E-state index contributed by atoms with van der Waals surface area (Å²) in [6.45, 7) is 1.89. The molecule has 3 rings (SSSR count). The quantitative estimate of drug-likeness (QED) is 0.738. The number of nitrogens with zero attached hydrogens (tertiary/aromatic N) is 5. The predicted octanol–water partition coefficient (Wildman–Crippen LogP) is 3.19. The van der Waals surface area contributed by atoms with E-state index in [9.17, 15) is 4.39 Å². The maximum Gasteiger partial charge on any atom is 0.226 e. The lowest BCUT2D eigenvalue weighted by atomic mass is 10.1. The van der Waals surface area contributed by atoms with Crippen molar-refractivity contribution >= 4 is 17.6 Å². The summed E-state index contributed by atoms with van der Waals surface area (Å²) in [6.07, 6.45) is 4.65. The monoisotopic (exact) mass is 335 g/mol. The van der Waals surface area contributed by atoms with Crippen LogP contribution in [0.25, 0.3) is 0 Å². The Balaban J connectivity index is 1.82. The van der Waals surface area contributed by atoms with Crippen molar-refractivity contribution in [3.05, 3.63) is 66.0 Å². The van der Waals surface area contributed by atoms with Gasteiger partial charge in [0.25, 0.3) is 0 Å². The van der Waals surface area contributed by atoms with Gasteiger partial charge in [0.2, 0.25) is 5.95 Å². The number of rotatable bonds is 5. The van der Waals surface area contributed by atoms with Gasteiger partial charge in [-0.1, -0.05) is 12.1 Å². The summed E-state index contributed by atoms with van der Waals surface area (Å²) in [7, 11) is 0. The maximum absolute atomic E-state index is 13.0. The minimum atomic E-state index is -0.297. The third-order valence-electron chi connectivity index (χ3n) is 3.38. The molecule has 0 bridgehead atoms. The molecule has 1 atom stereocenters. The number of anilines is 3. The van der Waals surface area contributed by atoms with Gasteiger partial charge in [0.15, 0.2) is 0 Å². The number of nitriles is 1. The fourth-order valence-electron chi connectivity index (χ4n) is 2.16. The van der Waals surface area contributed by atoms with Crippen LogP contribution in [0, 0.1) is 17.1 Å². The second kappa shape index (κ2) is 7.31. The van der Waals surface area contributed by atoms with Crippen molar-refractivity contribution < 1.29 is 4.39 Å². The molecule has 124 valence electrons. The van der Waals surface area contributed by atoms with Gasteiger partial charge >= 0.3 is 0 Å². The molecule has 0 spiro atoms. The molecule has 0 radical (unpaired) electrons. The normalized spacial score (nSPS) is 11.4. The van der Waals surface area contributed by atoms with Crippen molar-refractivity contribution in [2.24, 2.45) is 0 Å². The first-order valence-electron chi connectivity index (χ1n) is 7.48. The molecule has 0 aliphatic heterocycles. The Hall–Kier alpha value is -3.60. The standard InChI is InChI=1S/C17H14FN7/c1-11(12-2-4-13(18)5-3-12)22-17-23-14(9-19)8-15(25-17)24-16-10-20-6-7-21-16/h2-8,10-11H,1H3,(H2,21,22,23,24,25). The molecule has 25 heavy (non-hydrogen) atoms. The summed E-state index contributed by atoms with van der Waals surface area (Å²) in [4.78, 5) is 16.5. The van der Waals surface area contributed by atoms with Crippen LogP contribution < -0.4 is 10.6 Å². The van der Waals surface area contributed by atoms with Crippen LogP contribution in [0.15, 0.2) is 48.9 Å². The molecule has 0 fully saturated rings. The van der Waals surface area contributed by atoms with Crippen molar-refractivity contribution in [2.75, 3.05) is 10.6 Å². The van der Waals surface area contributed by atoms with Gasteiger partial charge in [-0.3, -0.25) is 4.98 Å². The first kappa shape index (κ1) is 16.3. The van der Waals surface area contributed by atoms with Crippen LogP contribution >= 0.6 is 0 Å². The van der Waals surface area contributed by atoms with Crippen molar-refractivity contribution in [2.45, 2.75) is 13.0 Å². The van der Waals surface area contributed by atoms with E-state index in [1.54, 1.807) is 30.7 Å². The molecule has 8 heteroatoms. The zero-order valence-corrected chi connectivity index (χ0v) is 13.3. The van der Waals surface area contributed by atoms with Gasteiger partial charge in [-0.05, 0) is 24.6 Å². The summed E-state index contributed by atoms with van der Waals surface area (Å²) in [5, 5.41) is 15.2. The number of aromatic nitrogens is 4. The molecule has 2 aromatic heterocycles. The van der Waals surface area contributed by atoms with Crippen LogP contribution in [-0.4, -0.2) is 19.9 Å². The van der Waals surface area contributed by atoms with Crippen molar-refractivity contribution in [1.29, 1.82) is 5.26 Å². The van der Waals surface area contributed by atoms with E-state index < -0.39 is 0 Å². The lowest BCUT2D eigenvalue weighted by Gasteiger charge is -2.15. The Kier molecular flexibility index (Phi) is 4.76. The van der Waals surface area contributed by atoms with E-state index in [1.165, 1.54) is 18.2 Å². The largest absolute Gasteiger partial charge is 0.348 e. The second-order valence-corrected chi connectivity index (χ2v) is 5.21. The fourth-order valence-corrected chi connectivity index (χ4v) is 2.16. The molecule has 2 N–H and O–H groups in total. The van der Waals surface area contributed by atoms with Gasteiger partial charge in [0, 0.05) is 18.5 Å². The number of hydrogen-bond acceptors (Lipinski definition) is 7. The summed E-state index contributed by atoms with van der Waals surface area (Å²) < 4.78 is 13.0. The molecule has 1 aromatic carbocycles. The highest BCUT2D eigenvalue weighted by Gasteiger charge is 2.10.